The van der Waals surface area contributed by atoms with E-state index >= 15 is 0 Å². The first-order valence-electron chi connectivity index (χ1n) is 2.06. The zero-order valence-electron chi connectivity index (χ0n) is 4.46. The summed E-state index contributed by atoms with van der Waals surface area (Å²) in [6.45, 7) is 0. The quantitative estimate of drug-likeness (QED) is 0.488. The van der Waals surface area contributed by atoms with E-state index in [0.717, 1.165) is 4.09 Å². The van der Waals surface area contributed by atoms with E-state index in [-0.39, 0.29) is 5.03 Å². The molecule has 0 spiro atoms. The average molecular weight is 163 g/mol. The fourth-order valence-electron chi connectivity index (χ4n) is 0.517. The molecule has 0 unspecified atom stereocenters. The van der Waals surface area contributed by atoms with E-state index in [1.165, 1.54) is 6.20 Å². The van der Waals surface area contributed by atoms with Gasteiger partial charge in [-0.25, -0.2) is 0 Å². The van der Waals surface area contributed by atoms with Gasteiger partial charge in [-0.3, -0.25) is 0 Å². The molecule has 1 aromatic rings. The molecule has 0 saturated carbocycles. The predicted molar refractivity (Wildman–Crippen MR) is 29.3 cm³/mol. The Morgan fingerprint density at radius 3 is 2.10 bits per heavy atom. The normalized spacial score (nSPS) is 16.4. The molecule has 7 nitrogen and oxygen atoms in total. The first-order chi connectivity index (χ1) is 4.71. The van der Waals surface area contributed by atoms with Gasteiger partial charge in [-0.1, -0.05) is 5.21 Å². The number of rotatable bonds is 0. The molecule has 0 fully saturated rings. The number of nitrogens with zero attached hydrogens (tertiary/aromatic N) is 3. The molecule has 3 rings (SSSR count). The lowest BCUT2D eigenvalue weighted by atomic mass is 10.9. The zero-order valence-corrected chi connectivity index (χ0v) is 5.28. The minimum absolute atomic E-state index is 0.0671. The van der Waals surface area contributed by atoms with Crippen molar-refractivity contribution in [2.75, 3.05) is 0 Å². The van der Waals surface area contributed by atoms with Crippen LogP contribution in [0.1, 0.15) is 0 Å². The Hall–Kier alpha value is -1.31. The summed E-state index contributed by atoms with van der Waals surface area (Å²) in [5.41, 5.74) is 0. The molecule has 3 heterocycles. The molecule has 54 valence electrons. The first kappa shape index (κ1) is 6.81. The summed E-state index contributed by atoms with van der Waals surface area (Å²) in [7, 11) is -3.17. The third kappa shape index (κ3) is 0.559. The Morgan fingerprint density at radius 1 is 1.40 bits per heavy atom. The number of hydrogen-bond donors (Lipinski definition) is 0. The van der Waals surface area contributed by atoms with Gasteiger partial charge in [0.25, 0.3) is 0 Å². The van der Waals surface area contributed by atoms with Gasteiger partial charge in [0.1, 0.15) is 0 Å². The number of aromatic nitrogens is 3. The highest BCUT2D eigenvalue weighted by Crippen LogP contribution is 2.17. The van der Waals surface area contributed by atoms with Gasteiger partial charge in [0, 0.05) is 9.93 Å². The molecule has 10 heavy (non-hydrogen) atoms. The highest BCUT2D eigenvalue weighted by Gasteiger charge is 2.32. The van der Waals surface area contributed by atoms with Crippen LogP contribution in [0.2, 0.25) is 0 Å². The van der Waals surface area contributed by atoms with Crippen molar-refractivity contribution < 1.29 is 8.42 Å². The van der Waals surface area contributed by atoms with Crippen LogP contribution < -0.4 is 0 Å². The van der Waals surface area contributed by atoms with Crippen molar-refractivity contribution >= 4 is 10.0 Å². The van der Waals surface area contributed by atoms with Gasteiger partial charge in [0.15, 0.2) is 0 Å². The number of fused-ring (bicyclic) bond motifs is 1. The van der Waals surface area contributed by atoms with Crippen molar-refractivity contribution in [2.24, 2.45) is 0 Å². The van der Waals surface area contributed by atoms with Gasteiger partial charge < -0.3 is 0 Å². The first-order valence-corrected chi connectivity index (χ1v) is 3.50. The molecule has 0 amide bonds. The summed E-state index contributed by atoms with van der Waals surface area (Å²) in [5.74, 6) is 0. The van der Waals surface area contributed by atoms with E-state index in [1.807, 2.05) is 0 Å². The lowest BCUT2D eigenvalue weighted by Crippen LogP contribution is -2.17. The number of hydrogen-bond acceptors (Lipinski definition) is 6. The summed E-state index contributed by atoms with van der Waals surface area (Å²) < 4.78 is 21.8. The maximum atomic E-state index is 10.5. The van der Waals surface area contributed by atoms with Crippen LogP contribution in [-0.4, -0.2) is 22.8 Å². The fourth-order valence-corrected chi connectivity index (χ4v) is 1.29. The Balaban J connectivity index is 0.000000231. The topological polar surface area (TPSA) is 99.0 Å². The second-order valence-electron chi connectivity index (χ2n) is 1.43. The highest BCUT2D eigenvalue weighted by molar-refractivity contribution is 7.90. The molecule has 1 aromatic heterocycles. The van der Waals surface area contributed by atoms with E-state index in [2.05, 4.69) is 10.3 Å². The van der Waals surface area contributed by atoms with Crippen molar-refractivity contribution in [2.45, 2.75) is 5.03 Å². The fraction of sp³-hybridized carbons (Fsp3) is 0. The van der Waals surface area contributed by atoms with Gasteiger partial charge in [0.2, 0.25) is 5.03 Å². The minimum Gasteiger partial charge on any atom is -0.197 e. The Morgan fingerprint density at radius 2 is 2.00 bits per heavy atom. The van der Waals surface area contributed by atoms with Gasteiger partial charge in [0.05, 0.1) is 6.20 Å². The van der Waals surface area contributed by atoms with Crippen molar-refractivity contribution in [3.63, 3.8) is 0 Å². The summed E-state index contributed by atoms with van der Waals surface area (Å²) in [6, 6.07) is 0. The third-order valence-corrected chi connectivity index (χ3v) is 2.35. The molecule has 0 N–H and O–H groups in total. The molecule has 2 bridgehead atoms. The monoisotopic (exact) mass is 163 g/mol. The van der Waals surface area contributed by atoms with E-state index in [0.29, 0.717) is 0 Å². The largest absolute Gasteiger partial charge is 0.305 e. The molecule has 0 atom stereocenters. The standard InChI is InChI=1S/C2HN3O2S.O2/c6-8(7)2-1-5(8)4-3-2;1-2/h1H;. The maximum Gasteiger partial charge on any atom is 0.305 e. The molecule has 2 aliphatic heterocycles. The summed E-state index contributed by atoms with van der Waals surface area (Å²) >= 11 is 0. The van der Waals surface area contributed by atoms with Crippen LogP contribution >= 0.6 is 0 Å². The van der Waals surface area contributed by atoms with Crippen LogP contribution in [0.25, 0.3) is 0 Å². The molecular weight excluding hydrogens is 162 g/mol. The zero-order chi connectivity index (χ0) is 7.78. The Bertz CT molecular complexity index is 307. The second kappa shape index (κ2) is 1.84. The highest BCUT2D eigenvalue weighted by atomic mass is 32.2. The van der Waals surface area contributed by atoms with Gasteiger partial charge >= 0.3 is 10.0 Å². The van der Waals surface area contributed by atoms with Gasteiger partial charge in [-0.2, -0.15) is 8.42 Å². The molecular formula is C2HN3O4S. The lowest BCUT2D eigenvalue weighted by Gasteiger charge is -2.00. The maximum absolute atomic E-state index is 10.5. The van der Waals surface area contributed by atoms with Crippen molar-refractivity contribution in [1.29, 1.82) is 0 Å². The smallest absolute Gasteiger partial charge is 0.197 e. The van der Waals surface area contributed by atoms with Crippen LogP contribution in [0.15, 0.2) is 11.2 Å². The van der Waals surface area contributed by atoms with Crippen LogP contribution in [0.3, 0.4) is 0 Å². The summed E-state index contributed by atoms with van der Waals surface area (Å²) in [5, 5.41) is 6.59. The Labute approximate surface area is 54.9 Å². The van der Waals surface area contributed by atoms with Gasteiger partial charge in [-0.15, -0.1) is 9.19 Å². The molecule has 0 aliphatic carbocycles. The van der Waals surface area contributed by atoms with Crippen molar-refractivity contribution in [1.82, 2.24) is 14.4 Å². The third-order valence-electron chi connectivity index (χ3n) is 0.963. The van der Waals surface area contributed by atoms with Crippen LogP contribution in [0, 0.1) is 9.93 Å². The average Bonchev–Trinajstić information content (AvgIpc) is 2.49. The van der Waals surface area contributed by atoms with E-state index in [1.54, 1.807) is 0 Å². The Kier molecular flexibility index (Phi) is 1.25. The van der Waals surface area contributed by atoms with Gasteiger partial charge in [-0.05, 0) is 0 Å². The molecule has 0 radical (unpaired) electrons. The SMILES string of the molecule is O=O.O=S1(=O)c2cn1nn2. The van der Waals surface area contributed by atoms with E-state index in [9.17, 15) is 8.42 Å². The summed E-state index contributed by atoms with van der Waals surface area (Å²) in [6.07, 6.45) is 1.36. The van der Waals surface area contributed by atoms with Crippen LogP contribution in [0.5, 0.6) is 0 Å². The van der Waals surface area contributed by atoms with Crippen molar-refractivity contribution in [3.8, 4) is 0 Å². The second-order valence-corrected chi connectivity index (χ2v) is 3.18. The van der Waals surface area contributed by atoms with Crippen LogP contribution in [0.4, 0.5) is 0 Å². The van der Waals surface area contributed by atoms with E-state index < -0.39 is 10.0 Å². The molecule has 0 aromatic carbocycles. The lowest BCUT2D eigenvalue weighted by molar-refractivity contribution is 0.575. The molecule has 0 saturated heterocycles. The van der Waals surface area contributed by atoms with Crippen molar-refractivity contribution in [3.05, 3.63) is 16.1 Å². The molecule has 2 aliphatic rings. The summed E-state index contributed by atoms with van der Waals surface area (Å²) in [4.78, 5) is 14.0. The van der Waals surface area contributed by atoms with Crippen LogP contribution in [-0.2, 0) is 10.0 Å². The predicted octanol–water partition coefficient (Wildman–Crippen LogP) is -1.10. The molecule has 8 heteroatoms. The van der Waals surface area contributed by atoms with E-state index in [4.69, 9.17) is 9.93 Å². The minimum atomic E-state index is -3.17.